The third-order valence-corrected chi connectivity index (χ3v) is 3.35. The summed E-state index contributed by atoms with van der Waals surface area (Å²) in [7, 11) is 0. The number of halogens is 1. The number of benzene rings is 1. The van der Waals surface area contributed by atoms with Gasteiger partial charge in [0.05, 0.1) is 5.69 Å². The number of rotatable bonds is 1. The van der Waals surface area contributed by atoms with Crippen molar-refractivity contribution in [3.8, 4) is 5.69 Å². The zero-order valence-electron chi connectivity index (χ0n) is 9.26. The van der Waals surface area contributed by atoms with E-state index < -0.39 is 0 Å². The summed E-state index contributed by atoms with van der Waals surface area (Å²) in [6, 6.07) is 11.9. The molecule has 2 heterocycles. The molecule has 4 heteroatoms. The fourth-order valence-electron chi connectivity index (χ4n) is 1.95. The Labute approximate surface area is 107 Å². The van der Waals surface area contributed by atoms with Crippen molar-refractivity contribution in [2.24, 2.45) is 0 Å². The first-order chi connectivity index (χ1) is 8.27. The lowest BCUT2D eigenvalue weighted by Crippen LogP contribution is -1.98. The Bertz CT molecular complexity index is 688. The Morgan fingerprint density at radius 2 is 1.94 bits per heavy atom. The number of hydrogen-bond acceptors (Lipinski definition) is 2. The van der Waals surface area contributed by atoms with Crippen LogP contribution in [0.4, 0.5) is 0 Å². The third-order valence-electron chi connectivity index (χ3n) is 2.68. The molecule has 0 fully saturated rings. The lowest BCUT2D eigenvalue weighted by atomic mass is 10.3. The van der Waals surface area contributed by atoms with Gasteiger partial charge in [-0.2, -0.15) is 0 Å². The Balaban J connectivity index is 2.38. The highest BCUT2D eigenvalue weighted by Crippen LogP contribution is 2.25. The zero-order chi connectivity index (χ0) is 11.8. The van der Waals surface area contributed by atoms with E-state index in [4.69, 9.17) is 0 Å². The highest BCUT2D eigenvalue weighted by Gasteiger charge is 2.11. The average molecular weight is 288 g/mol. The highest BCUT2D eigenvalue weighted by atomic mass is 79.9. The van der Waals surface area contributed by atoms with Gasteiger partial charge in [-0.15, -0.1) is 0 Å². The average Bonchev–Trinajstić information content (AvgIpc) is 2.66. The number of aryl methyl sites for hydroxylation is 1. The van der Waals surface area contributed by atoms with Gasteiger partial charge in [-0.25, -0.2) is 9.97 Å². The molecule has 84 valence electrons. The molecule has 0 saturated carbocycles. The van der Waals surface area contributed by atoms with Crippen molar-refractivity contribution in [1.82, 2.24) is 14.5 Å². The van der Waals surface area contributed by atoms with Gasteiger partial charge in [-0.1, -0.05) is 12.1 Å². The molecule has 3 nitrogen and oxygen atoms in total. The number of imidazole rings is 1. The molecule has 0 aliphatic carbocycles. The first-order valence-corrected chi connectivity index (χ1v) is 6.11. The van der Waals surface area contributed by atoms with Gasteiger partial charge in [0.15, 0.2) is 5.65 Å². The molecule has 0 radical (unpaired) electrons. The van der Waals surface area contributed by atoms with Crippen molar-refractivity contribution in [1.29, 1.82) is 0 Å². The van der Waals surface area contributed by atoms with Crippen LogP contribution in [0.25, 0.3) is 16.9 Å². The maximum Gasteiger partial charge on any atom is 0.164 e. The molecule has 0 atom stereocenters. The topological polar surface area (TPSA) is 30.7 Å². The van der Waals surface area contributed by atoms with E-state index in [1.54, 1.807) is 6.20 Å². The molecule has 0 N–H and O–H groups in total. The molecule has 3 rings (SSSR count). The van der Waals surface area contributed by atoms with Crippen molar-refractivity contribution in [3.63, 3.8) is 0 Å². The van der Waals surface area contributed by atoms with Gasteiger partial charge >= 0.3 is 0 Å². The summed E-state index contributed by atoms with van der Waals surface area (Å²) in [5.41, 5.74) is 2.86. The van der Waals surface area contributed by atoms with Crippen molar-refractivity contribution in [2.45, 2.75) is 6.92 Å². The van der Waals surface area contributed by atoms with Crippen LogP contribution in [-0.4, -0.2) is 14.5 Å². The minimum Gasteiger partial charge on any atom is -0.280 e. The first kappa shape index (κ1) is 10.5. The summed E-state index contributed by atoms with van der Waals surface area (Å²) < 4.78 is 3.09. The van der Waals surface area contributed by atoms with E-state index >= 15 is 0 Å². The number of para-hydroxylation sites is 1. The molecule has 0 bridgehead atoms. The molecule has 0 amide bonds. The maximum atomic E-state index is 4.51. The predicted octanol–water partition coefficient (Wildman–Crippen LogP) is 3.49. The second-order valence-electron chi connectivity index (χ2n) is 3.79. The van der Waals surface area contributed by atoms with Crippen LogP contribution in [0, 0.1) is 6.92 Å². The largest absolute Gasteiger partial charge is 0.280 e. The molecular formula is C13H10BrN3. The van der Waals surface area contributed by atoms with Crippen LogP contribution in [-0.2, 0) is 0 Å². The summed E-state index contributed by atoms with van der Waals surface area (Å²) in [6.45, 7) is 1.99. The molecular weight excluding hydrogens is 278 g/mol. The van der Waals surface area contributed by atoms with Gasteiger partial charge in [0.2, 0.25) is 0 Å². The number of aromatic nitrogens is 3. The number of fused-ring (bicyclic) bond motifs is 1. The van der Waals surface area contributed by atoms with Crippen LogP contribution < -0.4 is 0 Å². The normalized spacial score (nSPS) is 10.9. The molecule has 0 aliphatic heterocycles. The van der Waals surface area contributed by atoms with Crippen LogP contribution in [0.15, 0.2) is 47.1 Å². The van der Waals surface area contributed by atoms with Crippen molar-refractivity contribution >= 4 is 27.1 Å². The second-order valence-corrected chi connectivity index (χ2v) is 4.65. The lowest BCUT2D eigenvalue weighted by molar-refractivity contribution is 0.982. The van der Waals surface area contributed by atoms with Gasteiger partial charge in [-0.05, 0) is 47.1 Å². The summed E-state index contributed by atoms with van der Waals surface area (Å²) in [5.74, 6) is 0.936. The number of nitrogens with zero attached hydrogens (tertiary/aromatic N) is 3. The molecule has 0 spiro atoms. The quantitative estimate of drug-likeness (QED) is 0.686. The second kappa shape index (κ2) is 3.96. The summed E-state index contributed by atoms with van der Waals surface area (Å²) >= 11 is 3.56. The van der Waals surface area contributed by atoms with Gasteiger partial charge in [-0.3, -0.25) is 4.57 Å². The Morgan fingerprint density at radius 3 is 2.76 bits per heavy atom. The Kier molecular flexibility index (Phi) is 2.44. The van der Waals surface area contributed by atoms with E-state index in [1.165, 1.54) is 0 Å². The Hall–Kier alpha value is -1.68. The molecule has 0 aliphatic rings. The molecule has 1 aromatic carbocycles. The lowest BCUT2D eigenvalue weighted by Gasteiger charge is -2.07. The fraction of sp³-hybridized carbons (Fsp3) is 0.0769. The van der Waals surface area contributed by atoms with Crippen LogP contribution >= 0.6 is 15.9 Å². The number of pyridine rings is 1. The first-order valence-electron chi connectivity index (χ1n) is 5.32. The van der Waals surface area contributed by atoms with Crippen molar-refractivity contribution in [3.05, 3.63) is 52.9 Å². The molecule has 0 saturated heterocycles. The summed E-state index contributed by atoms with van der Waals surface area (Å²) in [6.07, 6.45) is 1.79. The zero-order valence-corrected chi connectivity index (χ0v) is 10.8. The number of hydrogen-bond donors (Lipinski definition) is 0. The molecule has 2 aromatic heterocycles. The minimum atomic E-state index is 0.886. The van der Waals surface area contributed by atoms with E-state index in [2.05, 4.69) is 30.5 Å². The highest BCUT2D eigenvalue weighted by molar-refractivity contribution is 9.10. The smallest absolute Gasteiger partial charge is 0.164 e. The summed E-state index contributed by atoms with van der Waals surface area (Å²) in [5, 5.41) is 0. The Morgan fingerprint density at radius 1 is 1.12 bits per heavy atom. The van der Waals surface area contributed by atoms with Gasteiger partial charge < -0.3 is 0 Å². The van der Waals surface area contributed by atoms with Crippen molar-refractivity contribution < 1.29 is 0 Å². The van der Waals surface area contributed by atoms with Crippen LogP contribution in [0.1, 0.15) is 5.82 Å². The minimum absolute atomic E-state index is 0.886. The van der Waals surface area contributed by atoms with Crippen LogP contribution in [0.3, 0.4) is 0 Å². The van der Waals surface area contributed by atoms with E-state index in [0.717, 1.165) is 27.1 Å². The standard InChI is InChI=1S/C13H10BrN3/c1-9-16-11-6-4-8-15-13(11)17(9)12-7-3-2-5-10(12)14/h2-8H,1H3. The van der Waals surface area contributed by atoms with Gasteiger partial charge in [0.1, 0.15) is 11.3 Å². The van der Waals surface area contributed by atoms with E-state index in [0.29, 0.717) is 0 Å². The maximum absolute atomic E-state index is 4.51. The monoisotopic (exact) mass is 287 g/mol. The van der Waals surface area contributed by atoms with Crippen molar-refractivity contribution in [2.75, 3.05) is 0 Å². The molecule has 3 aromatic rings. The van der Waals surface area contributed by atoms with E-state index in [9.17, 15) is 0 Å². The van der Waals surface area contributed by atoms with E-state index in [1.807, 2.05) is 43.3 Å². The third kappa shape index (κ3) is 1.65. The molecule has 17 heavy (non-hydrogen) atoms. The summed E-state index contributed by atoms with van der Waals surface area (Å²) in [4.78, 5) is 8.91. The predicted molar refractivity (Wildman–Crippen MR) is 71.3 cm³/mol. The van der Waals surface area contributed by atoms with Crippen LogP contribution in [0.2, 0.25) is 0 Å². The van der Waals surface area contributed by atoms with Gasteiger partial charge in [0, 0.05) is 10.7 Å². The fourth-order valence-corrected chi connectivity index (χ4v) is 2.41. The molecule has 0 unspecified atom stereocenters. The SMILES string of the molecule is Cc1nc2cccnc2n1-c1ccccc1Br. The van der Waals surface area contributed by atoms with Crippen LogP contribution in [0.5, 0.6) is 0 Å². The van der Waals surface area contributed by atoms with Gasteiger partial charge in [0.25, 0.3) is 0 Å². The van der Waals surface area contributed by atoms with E-state index in [-0.39, 0.29) is 0 Å².